The van der Waals surface area contributed by atoms with Gasteiger partial charge >= 0.3 is 5.97 Å². The zero-order valence-electron chi connectivity index (χ0n) is 8.02. The summed E-state index contributed by atoms with van der Waals surface area (Å²) in [5.41, 5.74) is 0. The van der Waals surface area contributed by atoms with E-state index in [0.29, 0.717) is 0 Å². The molecule has 1 unspecified atom stereocenters. The maximum absolute atomic E-state index is 11.1. The summed E-state index contributed by atoms with van der Waals surface area (Å²) in [6, 6.07) is 0. The van der Waals surface area contributed by atoms with Crippen LogP contribution in [-0.4, -0.2) is 35.3 Å². The van der Waals surface area contributed by atoms with Gasteiger partial charge in [0.05, 0.1) is 6.54 Å². The third kappa shape index (κ3) is 2.42. The van der Waals surface area contributed by atoms with Gasteiger partial charge in [0.25, 0.3) is 11.8 Å². The Morgan fingerprint density at radius 2 is 1.93 bits per heavy atom. The molecule has 0 aliphatic carbocycles. The Labute approximate surface area is 81.3 Å². The van der Waals surface area contributed by atoms with Crippen LogP contribution >= 0.6 is 0 Å². The van der Waals surface area contributed by atoms with Crippen LogP contribution in [0.25, 0.3) is 0 Å². The molecule has 0 fully saturated rings. The minimum Gasteiger partial charge on any atom is -0.461 e. The average molecular weight is 197 g/mol. The predicted octanol–water partition coefficient (Wildman–Crippen LogP) is -0.137. The lowest BCUT2D eigenvalue weighted by molar-refractivity contribution is -0.150. The van der Waals surface area contributed by atoms with Crippen molar-refractivity contribution >= 4 is 17.8 Å². The number of carbonyl (C=O) groups excluding carboxylic acids is 3. The molecule has 0 aromatic heterocycles. The summed E-state index contributed by atoms with van der Waals surface area (Å²) in [5.74, 6) is -1.16. The molecule has 0 aromatic carbocycles. The minimum atomic E-state index is -0.472. The van der Waals surface area contributed by atoms with E-state index in [9.17, 15) is 14.4 Å². The molecule has 1 rings (SSSR count). The molecule has 0 N–H and O–H groups in total. The van der Waals surface area contributed by atoms with E-state index in [-0.39, 0.29) is 18.4 Å². The molecule has 0 spiro atoms. The third-order valence-corrected chi connectivity index (χ3v) is 1.71. The number of ether oxygens (including phenoxy) is 1. The first-order valence-electron chi connectivity index (χ1n) is 4.21. The van der Waals surface area contributed by atoms with Crippen molar-refractivity contribution < 1.29 is 19.1 Å². The highest BCUT2D eigenvalue weighted by atomic mass is 16.5. The maximum atomic E-state index is 11.1. The molecule has 0 aromatic rings. The lowest BCUT2D eigenvalue weighted by atomic mass is 10.3. The quantitative estimate of drug-likeness (QED) is 0.466. The van der Waals surface area contributed by atoms with Gasteiger partial charge in [0, 0.05) is 19.1 Å². The first kappa shape index (κ1) is 10.4. The smallest absolute Gasteiger partial charge is 0.302 e. The second kappa shape index (κ2) is 4.04. The van der Waals surface area contributed by atoms with Crippen LogP contribution in [0.1, 0.15) is 13.8 Å². The molecule has 1 heterocycles. The van der Waals surface area contributed by atoms with Crippen molar-refractivity contribution in [2.45, 2.75) is 20.0 Å². The highest BCUT2D eigenvalue weighted by Gasteiger charge is 2.25. The van der Waals surface area contributed by atoms with E-state index in [1.165, 1.54) is 19.1 Å². The number of carbonyl (C=O) groups is 3. The number of imide groups is 1. The van der Waals surface area contributed by atoms with Crippen molar-refractivity contribution in [3.05, 3.63) is 12.2 Å². The largest absolute Gasteiger partial charge is 0.461 e. The van der Waals surface area contributed by atoms with E-state index < -0.39 is 12.1 Å². The summed E-state index contributed by atoms with van der Waals surface area (Å²) in [6.45, 7) is 3.01. The predicted molar refractivity (Wildman–Crippen MR) is 47.1 cm³/mol. The minimum absolute atomic E-state index is 0.101. The fourth-order valence-electron chi connectivity index (χ4n) is 1.19. The second-order valence-corrected chi connectivity index (χ2v) is 3.04. The van der Waals surface area contributed by atoms with Gasteiger partial charge in [-0.1, -0.05) is 0 Å². The summed E-state index contributed by atoms with van der Waals surface area (Å²) in [5, 5.41) is 0. The lowest BCUT2D eigenvalue weighted by Gasteiger charge is -2.18. The number of nitrogens with zero attached hydrogens (tertiary/aromatic N) is 1. The molecule has 0 saturated heterocycles. The summed E-state index contributed by atoms with van der Waals surface area (Å²) < 4.78 is 4.80. The Hall–Kier alpha value is -1.65. The monoisotopic (exact) mass is 197 g/mol. The standard InChI is InChI=1S/C9H11NO4/c1-6(14-7(2)11)5-10-8(12)3-4-9(10)13/h3-4,6H,5H2,1-2H3. The number of hydrogen-bond acceptors (Lipinski definition) is 4. The maximum Gasteiger partial charge on any atom is 0.302 e. The summed E-state index contributed by atoms with van der Waals surface area (Å²) in [6.07, 6.45) is 1.92. The molecule has 0 saturated carbocycles. The molecule has 1 aliphatic rings. The highest BCUT2D eigenvalue weighted by molar-refractivity contribution is 6.12. The van der Waals surface area contributed by atoms with Crippen LogP contribution in [0, 0.1) is 0 Å². The van der Waals surface area contributed by atoms with E-state index in [2.05, 4.69) is 0 Å². The summed E-state index contributed by atoms with van der Waals surface area (Å²) in [7, 11) is 0. The molecule has 2 amide bonds. The van der Waals surface area contributed by atoms with Gasteiger partial charge < -0.3 is 4.74 Å². The number of esters is 1. The lowest BCUT2D eigenvalue weighted by Crippen LogP contribution is -2.37. The average Bonchev–Trinajstić information content (AvgIpc) is 2.34. The van der Waals surface area contributed by atoms with Crippen molar-refractivity contribution in [2.75, 3.05) is 6.54 Å². The molecule has 1 aliphatic heterocycles. The summed E-state index contributed by atoms with van der Waals surface area (Å²) >= 11 is 0. The van der Waals surface area contributed by atoms with E-state index >= 15 is 0 Å². The SMILES string of the molecule is CC(=O)OC(C)CN1C(=O)C=CC1=O. The van der Waals surface area contributed by atoms with Gasteiger partial charge in [0.15, 0.2) is 0 Å². The van der Waals surface area contributed by atoms with Gasteiger partial charge in [-0.3, -0.25) is 19.3 Å². The van der Waals surface area contributed by atoms with Crippen LogP contribution in [0.4, 0.5) is 0 Å². The molecule has 5 nitrogen and oxygen atoms in total. The molecular formula is C9H11NO4. The second-order valence-electron chi connectivity index (χ2n) is 3.04. The zero-order valence-corrected chi connectivity index (χ0v) is 8.02. The van der Waals surface area contributed by atoms with Crippen LogP contribution in [0.2, 0.25) is 0 Å². The van der Waals surface area contributed by atoms with Crippen molar-refractivity contribution in [2.24, 2.45) is 0 Å². The summed E-state index contributed by atoms with van der Waals surface area (Å²) in [4.78, 5) is 33.8. The molecule has 5 heteroatoms. The van der Waals surface area contributed by atoms with E-state index in [1.54, 1.807) is 6.92 Å². The van der Waals surface area contributed by atoms with Gasteiger partial charge in [-0.05, 0) is 6.92 Å². The van der Waals surface area contributed by atoms with Crippen molar-refractivity contribution in [3.8, 4) is 0 Å². The first-order chi connectivity index (χ1) is 6.50. The Balaban J connectivity index is 2.48. The Morgan fingerprint density at radius 1 is 1.43 bits per heavy atom. The van der Waals surface area contributed by atoms with E-state index in [0.717, 1.165) is 4.90 Å². The normalized spacial score (nSPS) is 17.4. The number of hydrogen-bond donors (Lipinski definition) is 0. The van der Waals surface area contributed by atoms with Crippen molar-refractivity contribution in [3.63, 3.8) is 0 Å². The van der Waals surface area contributed by atoms with Crippen LogP contribution < -0.4 is 0 Å². The van der Waals surface area contributed by atoms with Gasteiger partial charge in [0.2, 0.25) is 0 Å². The Kier molecular flexibility index (Phi) is 3.01. The van der Waals surface area contributed by atoms with Crippen molar-refractivity contribution in [1.29, 1.82) is 0 Å². The molecule has 1 atom stereocenters. The number of rotatable bonds is 3. The molecule has 14 heavy (non-hydrogen) atoms. The van der Waals surface area contributed by atoms with Gasteiger partial charge in [-0.25, -0.2) is 0 Å². The fourth-order valence-corrected chi connectivity index (χ4v) is 1.19. The van der Waals surface area contributed by atoms with Crippen LogP contribution in [0.3, 0.4) is 0 Å². The third-order valence-electron chi connectivity index (χ3n) is 1.71. The van der Waals surface area contributed by atoms with Crippen LogP contribution in [-0.2, 0) is 19.1 Å². The highest BCUT2D eigenvalue weighted by Crippen LogP contribution is 2.05. The molecule has 76 valence electrons. The molecule has 0 bridgehead atoms. The Morgan fingerprint density at radius 3 is 2.36 bits per heavy atom. The van der Waals surface area contributed by atoms with Crippen molar-refractivity contribution in [1.82, 2.24) is 4.90 Å². The van der Waals surface area contributed by atoms with Gasteiger partial charge in [-0.15, -0.1) is 0 Å². The zero-order chi connectivity index (χ0) is 10.7. The van der Waals surface area contributed by atoms with Crippen LogP contribution in [0.5, 0.6) is 0 Å². The van der Waals surface area contributed by atoms with Gasteiger partial charge in [0.1, 0.15) is 6.10 Å². The molecule has 0 radical (unpaired) electrons. The van der Waals surface area contributed by atoms with Gasteiger partial charge in [-0.2, -0.15) is 0 Å². The fraction of sp³-hybridized carbons (Fsp3) is 0.444. The Bertz CT molecular complexity index is 290. The van der Waals surface area contributed by atoms with E-state index in [4.69, 9.17) is 4.74 Å². The topological polar surface area (TPSA) is 63.7 Å². The van der Waals surface area contributed by atoms with E-state index in [1.807, 2.05) is 0 Å². The van der Waals surface area contributed by atoms with Crippen LogP contribution in [0.15, 0.2) is 12.2 Å². The number of amides is 2. The first-order valence-corrected chi connectivity index (χ1v) is 4.21. The molecular weight excluding hydrogens is 186 g/mol.